The Morgan fingerprint density at radius 1 is 1.31 bits per heavy atom. The fraction of sp³-hybridized carbons (Fsp3) is 0.882. The molecule has 0 aromatic rings. The molecule has 8 nitrogen and oxygen atoms in total. The number of carbonyl (C=O) groups excluding carboxylic acids is 1. The van der Waals surface area contributed by atoms with Crippen LogP contribution in [0.3, 0.4) is 0 Å². The number of aliphatic hydroxyl groups excluding tert-OH is 2. The van der Waals surface area contributed by atoms with Gasteiger partial charge in [0, 0.05) is 6.54 Å². The Morgan fingerprint density at radius 2 is 2.00 bits per heavy atom. The number of cyclic esters (lactones) is 1. The van der Waals surface area contributed by atoms with Gasteiger partial charge in [-0.05, 0) is 18.6 Å². The van der Waals surface area contributed by atoms with Gasteiger partial charge in [-0.2, -0.15) is 0 Å². The van der Waals surface area contributed by atoms with Crippen molar-refractivity contribution in [3.05, 3.63) is 0 Å². The molecule has 9 heteroatoms. The molecule has 0 aromatic carbocycles. The summed E-state index contributed by atoms with van der Waals surface area (Å²) in [7, 11) is 0. The Balaban J connectivity index is 1.49. The van der Waals surface area contributed by atoms with E-state index >= 15 is 0 Å². The molecule has 1 aliphatic carbocycles. The number of rotatable bonds is 8. The Morgan fingerprint density at radius 3 is 2.73 bits per heavy atom. The number of ether oxygens (including phenoxy) is 1. The second-order valence-corrected chi connectivity index (χ2v) is 7.87. The molecule has 3 aliphatic rings. The van der Waals surface area contributed by atoms with Crippen LogP contribution in [-0.2, 0) is 4.74 Å². The van der Waals surface area contributed by atoms with Crippen molar-refractivity contribution in [2.45, 2.75) is 75.5 Å². The van der Waals surface area contributed by atoms with E-state index in [9.17, 15) is 20.1 Å². The van der Waals surface area contributed by atoms with E-state index in [-0.39, 0.29) is 6.61 Å². The topological polar surface area (TPSA) is 114 Å². The van der Waals surface area contributed by atoms with Gasteiger partial charge >= 0.3 is 6.09 Å². The number of fused-ring (bicyclic) bond motifs is 3. The van der Waals surface area contributed by atoms with Crippen LogP contribution >= 0.6 is 12.2 Å². The second-order valence-electron chi connectivity index (χ2n) is 7.46. The lowest BCUT2D eigenvalue weighted by Crippen LogP contribution is -2.66. The first-order chi connectivity index (χ1) is 12.4. The molecule has 2 heterocycles. The zero-order valence-corrected chi connectivity index (χ0v) is 15.9. The van der Waals surface area contributed by atoms with Crippen molar-refractivity contribution in [3.8, 4) is 0 Å². The average Bonchev–Trinajstić information content (AvgIpc) is 2.96. The van der Waals surface area contributed by atoms with Crippen LogP contribution in [-0.4, -0.2) is 74.6 Å². The van der Waals surface area contributed by atoms with Crippen LogP contribution in [0, 0.1) is 5.92 Å². The molecule has 2 saturated heterocycles. The molecule has 1 amide bonds. The van der Waals surface area contributed by atoms with Crippen molar-refractivity contribution >= 4 is 23.4 Å². The quantitative estimate of drug-likeness (QED) is 0.293. The zero-order chi connectivity index (χ0) is 18.9. The summed E-state index contributed by atoms with van der Waals surface area (Å²) in [5.74, 6) is -0.711. The number of piperidine rings is 1. The van der Waals surface area contributed by atoms with E-state index in [2.05, 4.69) is 17.6 Å². The summed E-state index contributed by atoms with van der Waals surface area (Å²) in [5.41, 5.74) is -1.50. The Hall–Kier alpha value is -1.16. The molecule has 1 saturated carbocycles. The number of thiocarbonyl (C=S) groups is 1. The molecule has 3 rings (SSSR count). The molecule has 2 aliphatic heterocycles. The average molecular weight is 388 g/mol. The molecule has 3 fully saturated rings. The van der Waals surface area contributed by atoms with Crippen molar-refractivity contribution < 1.29 is 24.9 Å². The molecule has 0 spiro atoms. The summed E-state index contributed by atoms with van der Waals surface area (Å²) < 4.78 is 5.02. The highest BCUT2D eigenvalue weighted by atomic mass is 32.1. The van der Waals surface area contributed by atoms with Crippen molar-refractivity contribution in [1.82, 2.24) is 15.5 Å². The van der Waals surface area contributed by atoms with Gasteiger partial charge in [0.1, 0.15) is 30.5 Å². The predicted molar refractivity (Wildman–Crippen MR) is 98.3 cm³/mol. The van der Waals surface area contributed by atoms with Gasteiger partial charge in [-0.15, -0.1) is 0 Å². The van der Waals surface area contributed by atoms with Crippen LogP contribution in [0.4, 0.5) is 4.79 Å². The summed E-state index contributed by atoms with van der Waals surface area (Å²) in [4.78, 5) is 13.3. The van der Waals surface area contributed by atoms with Gasteiger partial charge in [-0.25, -0.2) is 4.79 Å². The van der Waals surface area contributed by atoms with Crippen LogP contribution in [0.2, 0.25) is 0 Å². The summed E-state index contributed by atoms with van der Waals surface area (Å²) in [6.45, 7) is 2.89. The summed E-state index contributed by atoms with van der Waals surface area (Å²) in [5, 5.41) is 37.4. The fourth-order valence-corrected chi connectivity index (χ4v) is 4.41. The summed E-state index contributed by atoms with van der Waals surface area (Å²) in [6.07, 6.45) is 3.40. The van der Waals surface area contributed by atoms with Crippen molar-refractivity contribution in [2.75, 3.05) is 13.2 Å². The number of hydrogen-bond donors (Lipinski definition) is 5. The molecule has 26 heavy (non-hydrogen) atoms. The summed E-state index contributed by atoms with van der Waals surface area (Å²) in [6, 6.07) is -0.683. The minimum absolute atomic E-state index is 0.00819. The molecule has 5 unspecified atom stereocenters. The zero-order valence-electron chi connectivity index (χ0n) is 15.1. The standard InChI is InChI=1S/C17H29N3O5S/c1-2-3-4-5-6-7-8-18-15(26)19-14-12(21)11-13(22)17(11,24)10-9-25-16(23)20(10)14/h10-14,21-22,24H,2-9H2,1H3,(H2,18,19,26)/t10?,11?,12?,13?,14-,17?/m0/s1. The first kappa shape index (κ1) is 19.6. The second kappa shape index (κ2) is 7.84. The maximum absolute atomic E-state index is 12.0. The molecule has 148 valence electrons. The number of aliphatic hydroxyl groups is 3. The van der Waals surface area contributed by atoms with E-state index in [0.29, 0.717) is 11.7 Å². The highest BCUT2D eigenvalue weighted by Crippen LogP contribution is 2.55. The normalized spacial score (nSPS) is 37.6. The number of amides is 1. The molecule has 6 atom stereocenters. The van der Waals surface area contributed by atoms with E-state index in [4.69, 9.17) is 17.0 Å². The van der Waals surface area contributed by atoms with E-state index in [1.54, 1.807) is 0 Å². The minimum Gasteiger partial charge on any atom is -0.447 e. The van der Waals surface area contributed by atoms with Gasteiger partial charge < -0.3 is 30.7 Å². The van der Waals surface area contributed by atoms with Crippen LogP contribution < -0.4 is 10.6 Å². The molecule has 0 radical (unpaired) electrons. The van der Waals surface area contributed by atoms with E-state index < -0.39 is 42.0 Å². The number of nitrogens with one attached hydrogen (secondary N) is 2. The van der Waals surface area contributed by atoms with Gasteiger partial charge in [-0.3, -0.25) is 4.90 Å². The van der Waals surface area contributed by atoms with E-state index in [0.717, 1.165) is 12.8 Å². The SMILES string of the molecule is CCCCCCCCNC(=S)N[C@@H]1C(O)C2C(O)C2(O)C2COC(=O)N21. The Kier molecular flexibility index (Phi) is 5.91. The van der Waals surface area contributed by atoms with Gasteiger partial charge in [0.25, 0.3) is 0 Å². The van der Waals surface area contributed by atoms with E-state index in [1.165, 1.54) is 30.6 Å². The van der Waals surface area contributed by atoms with E-state index in [1.807, 2.05) is 0 Å². The third-order valence-electron chi connectivity index (χ3n) is 5.77. The van der Waals surface area contributed by atoms with Gasteiger partial charge in [0.05, 0.1) is 12.0 Å². The molecule has 5 N–H and O–H groups in total. The number of hydrogen-bond acceptors (Lipinski definition) is 6. The summed E-state index contributed by atoms with van der Waals surface area (Å²) >= 11 is 5.28. The van der Waals surface area contributed by atoms with Crippen molar-refractivity contribution in [2.24, 2.45) is 5.92 Å². The van der Waals surface area contributed by atoms with Gasteiger partial charge in [0.2, 0.25) is 0 Å². The predicted octanol–water partition coefficient (Wildman–Crippen LogP) is 0.0542. The number of nitrogens with zero attached hydrogens (tertiary/aromatic N) is 1. The first-order valence-corrected chi connectivity index (χ1v) is 9.91. The fourth-order valence-electron chi connectivity index (χ4n) is 4.19. The molecule has 0 aromatic heterocycles. The smallest absolute Gasteiger partial charge is 0.412 e. The lowest BCUT2D eigenvalue weighted by Gasteiger charge is -2.41. The van der Waals surface area contributed by atoms with Crippen molar-refractivity contribution in [1.29, 1.82) is 0 Å². The minimum atomic E-state index is -1.50. The highest BCUT2D eigenvalue weighted by Gasteiger charge is 2.78. The van der Waals surface area contributed by atoms with Crippen LogP contribution in [0.1, 0.15) is 45.4 Å². The highest BCUT2D eigenvalue weighted by molar-refractivity contribution is 7.80. The Labute approximate surface area is 158 Å². The largest absolute Gasteiger partial charge is 0.447 e. The lowest BCUT2D eigenvalue weighted by atomic mass is 9.96. The van der Waals surface area contributed by atoms with Crippen LogP contribution in [0.5, 0.6) is 0 Å². The first-order valence-electron chi connectivity index (χ1n) is 9.50. The maximum Gasteiger partial charge on any atom is 0.412 e. The maximum atomic E-state index is 12.0. The number of carbonyl (C=O) groups is 1. The monoisotopic (exact) mass is 387 g/mol. The van der Waals surface area contributed by atoms with Crippen LogP contribution in [0.25, 0.3) is 0 Å². The third kappa shape index (κ3) is 3.37. The molecular formula is C17H29N3O5S. The van der Waals surface area contributed by atoms with Gasteiger partial charge in [0.15, 0.2) is 5.11 Å². The third-order valence-corrected chi connectivity index (χ3v) is 6.03. The lowest BCUT2D eigenvalue weighted by molar-refractivity contribution is -0.0674. The Bertz CT molecular complexity index is 550. The number of unbranched alkanes of at least 4 members (excludes halogenated alkanes) is 5. The molecule has 0 bridgehead atoms. The van der Waals surface area contributed by atoms with Gasteiger partial charge in [-0.1, -0.05) is 39.0 Å². The molecular weight excluding hydrogens is 358 g/mol. The van der Waals surface area contributed by atoms with Crippen LogP contribution in [0.15, 0.2) is 0 Å². The van der Waals surface area contributed by atoms with Crippen molar-refractivity contribution in [3.63, 3.8) is 0 Å².